The second-order valence-corrected chi connectivity index (χ2v) is 9.53. The van der Waals surface area contributed by atoms with E-state index in [-0.39, 0.29) is 0 Å². The molecule has 1 fully saturated rings. The Balaban J connectivity index is 1.59. The molecule has 0 unspecified atom stereocenters. The first-order valence-corrected chi connectivity index (χ1v) is 12.8. The van der Waals surface area contributed by atoms with Crippen LogP contribution < -0.4 is 14.2 Å². The van der Waals surface area contributed by atoms with Crippen LogP contribution in [0.15, 0.2) is 97.1 Å². The summed E-state index contributed by atoms with van der Waals surface area (Å²) in [7, 11) is 3.04. The van der Waals surface area contributed by atoms with E-state index in [2.05, 4.69) is 6.07 Å². The van der Waals surface area contributed by atoms with E-state index in [0.717, 1.165) is 5.56 Å². The summed E-state index contributed by atoms with van der Waals surface area (Å²) in [5, 5.41) is 19.6. The fraction of sp³-hybridized carbons (Fsp3) is 0.182. The van der Waals surface area contributed by atoms with Crippen molar-refractivity contribution in [1.82, 2.24) is 0 Å². The number of esters is 1. The molecule has 0 radical (unpaired) electrons. The minimum absolute atomic E-state index is 0.341. The molecule has 7 heteroatoms. The molecule has 0 bridgehead atoms. The lowest BCUT2D eigenvalue weighted by atomic mass is 9.52. The third kappa shape index (κ3) is 4.76. The summed E-state index contributed by atoms with van der Waals surface area (Å²) in [6.07, 6.45) is 0. The van der Waals surface area contributed by atoms with Crippen molar-refractivity contribution < 1.29 is 28.9 Å². The number of carbonyl (C=O) groups is 2. The van der Waals surface area contributed by atoms with Gasteiger partial charge in [-0.25, -0.2) is 0 Å². The van der Waals surface area contributed by atoms with Gasteiger partial charge in [0.2, 0.25) is 0 Å². The summed E-state index contributed by atoms with van der Waals surface area (Å²) in [6, 6.07) is 30.5. The zero-order valence-electron chi connectivity index (χ0n) is 22.0. The van der Waals surface area contributed by atoms with Gasteiger partial charge in [0.25, 0.3) is 0 Å². The van der Waals surface area contributed by atoms with Crippen molar-refractivity contribution >= 4 is 11.9 Å². The highest BCUT2D eigenvalue weighted by Gasteiger charge is 2.60. The van der Waals surface area contributed by atoms with E-state index in [4.69, 9.17) is 19.5 Å². The highest BCUT2D eigenvalue weighted by Crippen LogP contribution is 2.60. The van der Waals surface area contributed by atoms with Crippen molar-refractivity contribution in [2.24, 2.45) is 11.8 Å². The highest BCUT2D eigenvalue weighted by molar-refractivity contribution is 5.87. The third-order valence-electron chi connectivity index (χ3n) is 7.52. The van der Waals surface area contributed by atoms with Crippen LogP contribution in [0.4, 0.5) is 0 Å². The Labute approximate surface area is 232 Å². The zero-order valence-corrected chi connectivity index (χ0v) is 22.0. The van der Waals surface area contributed by atoms with E-state index in [1.165, 1.54) is 14.2 Å². The number of nitrogens with zero attached hydrogens (tertiary/aromatic N) is 1. The zero-order chi connectivity index (χ0) is 28.2. The van der Waals surface area contributed by atoms with Gasteiger partial charge in [-0.2, -0.15) is 5.26 Å². The number of rotatable bonds is 8. The van der Waals surface area contributed by atoms with Crippen LogP contribution in [0.1, 0.15) is 28.5 Å². The Bertz CT molecular complexity index is 1530. The van der Waals surface area contributed by atoms with Crippen LogP contribution >= 0.6 is 0 Å². The van der Waals surface area contributed by atoms with E-state index in [1.807, 2.05) is 12.1 Å². The minimum atomic E-state index is -1.02. The second kappa shape index (κ2) is 11.3. The maximum Gasteiger partial charge on any atom is 0.315 e. The molecule has 40 heavy (non-hydrogen) atoms. The van der Waals surface area contributed by atoms with Crippen LogP contribution in [0.25, 0.3) is 11.1 Å². The van der Waals surface area contributed by atoms with Gasteiger partial charge in [0.15, 0.2) is 0 Å². The van der Waals surface area contributed by atoms with E-state index in [1.54, 1.807) is 84.9 Å². The van der Waals surface area contributed by atoms with Gasteiger partial charge < -0.3 is 19.3 Å². The van der Waals surface area contributed by atoms with Crippen molar-refractivity contribution in [3.05, 3.63) is 114 Å². The largest absolute Gasteiger partial charge is 0.496 e. The quantitative estimate of drug-likeness (QED) is 0.217. The van der Waals surface area contributed by atoms with Gasteiger partial charge in [-0.3, -0.25) is 9.59 Å². The average Bonchev–Trinajstić information content (AvgIpc) is 2.97. The summed E-state index contributed by atoms with van der Waals surface area (Å²) >= 11 is 0. The first-order valence-electron chi connectivity index (χ1n) is 12.8. The van der Waals surface area contributed by atoms with Crippen LogP contribution in [0.3, 0.4) is 0 Å². The summed E-state index contributed by atoms with van der Waals surface area (Å²) in [6.45, 7) is 0. The van der Waals surface area contributed by atoms with Gasteiger partial charge >= 0.3 is 11.9 Å². The average molecular weight is 534 g/mol. The van der Waals surface area contributed by atoms with E-state index < -0.39 is 35.6 Å². The molecule has 1 N–H and O–H groups in total. The second-order valence-electron chi connectivity index (χ2n) is 9.53. The molecule has 1 saturated carbocycles. The van der Waals surface area contributed by atoms with Crippen LogP contribution in [-0.4, -0.2) is 31.3 Å². The van der Waals surface area contributed by atoms with Gasteiger partial charge in [0.05, 0.1) is 37.7 Å². The van der Waals surface area contributed by atoms with Gasteiger partial charge in [0, 0.05) is 17.4 Å². The molecular formula is C33H27NO6. The summed E-state index contributed by atoms with van der Waals surface area (Å²) in [4.78, 5) is 26.8. The van der Waals surface area contributed by atoms with Crippen LogP contribution in [0, 0.1) is 23.2 Å². The Morgan fingerprint density at radius 3 is 1.70 bits per heavy atom. The molecule has 0 amide bonds. The number of carboxylic acids is 1. The van der Waals surface area contributed by atoms with Crippen molar-refractivity contribution in [2.45, 2.75) is 11.8 Å². The SMILES string of the molecule is COc1ccccc1[C@H]1C(C(=O)O)[C@H](c2ccccc2OC)C1C(=O)Oc1ccccc1-c1ccc(C#N)cc1. The topological polar surface area (TPSA) is 106 Å². The predicted octanol–water partition coefficient (Wildman–Crippen LogP) is 6.05. The molecule has 1 aliphatic rings. The number of nitriles is 1. The number of benzene rings is 4. The molecule has 4 aromatic rings. The molecule has 200 valence electrons. The summed E-state index contributed by atoms with van der Waals surface area (Å²) in [5.74, 6) is -3.35. The molecule has 7 nitrogen and oxygen atoms in total. The maximum atomic E-state index is 14.1. The molecule has 0 heterocycles. The Morgan fingerprint density at radius 1 is 0.700 bits per heavy atom. The Morgan fingerprint density at radius 2 is 1.20 bits per heavy atom. The number of carboxylic acid groups (broad SMARTS) is 1. The lowest BCUT2D eigenvalue weighted by Crippen LogP contribution is -2.52. The normalized spacial score (nSPS) is 19.5. The fourth-order valence-electron chi connectivity index (χ4n) is 5.70. The van der Waals surface area contributed by atoms with Crippen molar-refractivity contribution in [3.63, 3.8) is 0 Å². The maximum absolute atomic E-state index is 14.1. The fourth-order valence-corrected chi connectivity index (χ4v) is 5.70. The molecule has 5 rings (SSSR count). The van der Waals surface area contributed by atoms with Crippen LogP contribution in [0.2, 0.25) is 0 Å². The number of para-hydroxylation sites is 3. The van der Waals surface area contributed by atoms with Crippen molar-refractivity contribution in [3.8, 4) is 34.4 Å². The van der Waals surface area contributed by atoms with Gasteiger partial charge in [-0.15, -0.1) is 0 Å². The van der Waals surface area contributed by atoms with Crippen molar-refractivity contribution in [2.75, 3.05) is 14.2 Å². The number of methoxy groups -OCH3 is 2. The lowest BCUT2D eigenvalue weighted by molar-refractivity contribution is -0.158. The van der Waals surface area contributed by atoms with Gasteiger partial charge in [-0.05, 0) is 47.0 Å². The van der Waals surface area contributed by atoms with Crippen LogP contribution in [0.5, 0.6) is 17.2 Å². The molecular weight excluding hydrogens is 506 g/mol. The van der Waals surface area contributed by atoms with E-state index >= 15 is 0 Å². The smallest absolute Gasteiger partial charge is 0.315 e. The summed E-state index contributed by atoms with van der Waals surface area (Å²) in [5.41, 5.74) is 3.24. The first-order chi connectivity index (χ1) is 19.5. The molecule has 2 atom stereocenters. The molecule has 1 aliphatic carbocycles. The number of aliphatic carboxylic acids is 1. The third-order valence-corrected chi connectivity index (χ3v) is 7.52. The monoisotopic (exact) mass is 533 g/mol. The molecule has 0 saturated heterocycles. The minimum Gasteiger partial charge on any atom is -0.496 e. The molecule has 4 aromatic carbocycles. The van der Waals surface area contributed by atoms with Gasteiger partial charge in [-0.1, -0.05) is 66.7 Å². The predicted molar refractivity (Wildman–Crippen MR) is 148 cm³/mol. The Kier molecular flexibility index (Phi) is 7.52. The lowest BCUT2D eigenvalue weighted by Gasteiger charge is -2.49. The highest BCUT2D eigenvalue weighted by atomic mass is 16.5. The van der Waals surface area contributed by atoms with E-state index in [0.29, 0.717) is 39.5 Å². The standard InChI is InChI=1S/C33H27NO6/c1-38-25-12-6-4-10-23(25)28-30(32(35)36)29(24-11-5-7-13-26(24)39-2)31(28)33(37)40-27-14-8-3-9-22(27)21-17-15-20(19-34)16-18-21/h3-18,28-31H,1-2H3,(H,35,36)/t28-,29-,30?,31?/m0/s1. The Hall–Kier alpha value is -5.09. The van der Waals surface area contributed by atoms with Gasteiger partial charge in [0.1, 0.15) is 17.2 Å². The number of carbonyl (C=O) groups excluding carboxylic acids is 1. The molecule has 0 spiro atoms. The first kappa shape index (κ1) is 26.5. The van der Waals surface area contributed by atoms with E-state index in [9.17, 15) is 14.7 Å². The summed E-state index contributed by atoms with van der Waals surface area (Å²) < 4.78 is 17.2. The number of ether oxygens (including phenoxy) is 3. The number of hydrogen-bond acceptors (Lipinski definition) is 6. The molecule has 0 aliphatic heterocycles. The molecule has 0 aromatic heterocycles. The van der Waals surface area contributed by atoms with Crippen molar-refractivity contribution in [1.29, 1.82) is 5.26 Å². The number of hydrogen-bond donors (Lipinski definition) is 1. The van der Waals surface area contributed by atoms with Crippen LogP contribution in [-0.2, 0) is 9.59 Å².